The summed E-state index contributed by atoms with van der Waals surface area (Å²) in [6.07, 6.45) is -0.556. The number of nitrogens with zero attached hydrogens (tertiary/aromatic N) is 1. The fraction of sp³-hybridized carbons (Fsp3) is 0.588. The van der Waals surface area contributed by atoms with Gasteiger partial charge in [0.1, 0.15) is 0 Å². The highest BCUT2D eigenvalue weighted by Crippen LogP contribution is 2.29. The quantitative estimate of drug-likeness (QED) is 0.546. The van der Waals surface area contributed by atoms with Crippen LogP contribution in [0.4, 0.5) is 16.2 Å². The molecule has 0 aromatic heterocycles. The van der Waals surface area contributed by atoms with E-state index in [1.807, 2.05) is 27.7 Å². The van der Waals surface area contributed by atoms with Crippen molar-refractivity contribution in [2.45, 2.75) is 47.6 Å². The van der Waals surface area contributed by atoms with E-state index in [9.17, 15) is 20.0 Å². The molecule has 0 spiro atoms. The molecule has 3 N–H and O–H groups in total. The molecule has 1 aromatic rings. The van der Waals surface area contributed by atoms with Crippen molar-refractivity contribution in [3.8, 4) is 0 Å². The zero-order valence-electron chi connectivity index (χ0n) is 15.1. The third-order valence-corrected chi connectivity index (χ3v) is 4.22. The Kier molecular flexibility index (Phi) is 6.31. The lowest BCUT2D eigenvalue weighted by Gasteiger charge is -2.33. The van der Waals surface area contributed by atoms with Gasteiger partial charge in [-0.3, -0.25) is 10.1 Å². The molecule has 134 valence electrons. The third-order valence-electron chi connectivity index (χ3n) is 4.22. The number of urea groups is 1. The Morgan fingerprint density at radius 3 is 2.42 bits per heavy atom. The van der Waals surface area contributed by atoms with Crippen LogP contribution in [0.1, 0.15) is 38.8 Å². The Bertz CT molecular complexity index is 627. The maximum Gasteiger partial charge on any atom is 0.319 e. The number of anilines is 1. The van der Waals surface area contributed by atoms with Crippen LogP contribution in [-0.2, 0) is 0 Å². The first-order valence-electron chi connectivity index (χ1n) is 7.95. The van der Waals surface area contributed by atoms with Gasteiger partial charge >= 0.3 is 6.03 Å². The summed E-state index contributed by atoms with van der Waals surface area (Å²) in [4.78, 5) is 22.7. The van der Waals surface area contributed by atoms with Gasteiger partial charge in [0.2, 0.25) is 0 Å². The first-order valence-corrected chi connectivity index (χ1v) is 7.95. The molecule has 0 fully saturated rings. The number of rotatable bonds is 6. The molecule has 0 heterocycles. The molecule has 0 radical (unpaired) electrons. The van der Waals surface area contributed by atoms with Crippen molar-refractivity contribution in [3.05, 3.63) is 33.4 Å². The van der Waals surface area contributed by atoms with Crippen molar-refractivity contribution in [1.82, 2.24) is 5.32 Å². The molecule has 1 aromatic carbocycles. The molecule has 0 bridgehead atoms. The average Bonchev–Trinajstić information content (AvgIpc) is 2.48. The molecule has 24 heavy (non-hydrogen) atoms. The van der Waals surface area contributed by atoms with E-state index in [4.69, 9.17) is 0 Å². The van der Waals surface area contributed by atoms with E-state index in [-0.39, 0.29) is 18.2 Å². The monoisotopic (exact) mass is 337 g/mol. The van der Waals surface area contributed by atoms with Gasteiger partial charge in [0.25, 0.3) is 5.69 Å². The number of nitro groups is 1. The summed E-state index contributed by atoms with van der Waals surface area (Å²) in [5.41, 5.74) is 1.07. The van der Waals surface area contributed by atoms with Crippen molar-refractivity contribution in [2.75, 3.05) is 11.9 Å². The van der Waals surface area contributed by atoms with Gasteiger partial charge in [-0.15, -0.1) is 0 Å². The Morgan fingerprint density at radius 1 is 1.33 bits per heavy atom. The van der Waals surface area contributed by atoms with Crippen molar-refractivity contribution >= 4 is 17.4 Å². The van der Waals surface area contributed by atoms with E-state index in [1.54, 1.807) is 19.9 Å². The number of carbonyl (C=O) groups excluding carboxylic acids is 1. The molecular weight excluding hydrogens is 310 g/mol. The predicted octanol–water partition coefficient (Wildman–Crippen LogP) is 3.38. The molecule has 7 nitrogen and oxygen atoms in total. The van der Waals surface area contributed by atoms with E-state index in [0.29, 0.717) is 11.3 Å². The van der Waals surface area contributed by atoms with Gasteiger partial charge < -0.3 is 15.7 Å². The molecule has 2 amide bonds. The van der Waals surface area contributed by atoms with Crippen LogP contribution in [0.2, 0.25) is 0 Å². The summed E-state index contributed by atoms with van der Waals surface area (Å²) in [6, 6.07) is 2.58. The fourth-order valence-corrected chi connectivity index (χ4v) is 2.70. The first-order chi connectivity index (χ1) is 11.0. The van der Waals surface area contributed by atoms with Gasteiger partial charge in [0, 0.05) is 18.0 Å². The molecule has 0 aliphatic heterocycles. The lowest BCUT2D eigenvalue weighted by molar-refractivity contribution is -0.385. The first kappa shape index (κ1) is 19.9. The smallest absolute Gasteiger partial charge is 0.319 e. The highest BCUT2D eigenvalue weighted by molar-refractivity contribution is 5.91. The number of aliphatic hydroxyl groups is 1. The predicted molar refractivity (Wildman–Crippen MR) is 94.2 cm³/mol. The van der Waals surface area contributed by atoms with Gasteiger partial charge in [-0.1, -0.05) is 33.8 Å². The standard InChI is InChI=1S/C17H27N3O4/c1-10(2)15(21)17(5,6)9-18-16(22)19-14-11(3)7-8-13(12(14)4)20(23)24/h7-8,10,15,21H,9H2,1-6H3,(H2,18,19,22). The van der Waals surface area contributed by atoms with E-state index >= 15 is 0 Å². The molecule has 7 heteroatoms. The Morgan fingerprint density at radius 2 is 1.92 bits per heavy atom. The summed E-state index contributed by atoms with van der Waals surface area (Å²) in [7, 11) is 0. The van der Waals surface area contributed by atoms with Crippen LogP contribution >= 0.6 is 0 Å². The van der Waals surface area contributed by atoms with Crippen LogP contribution in [0.25, 0.3) is 0 Å². The summed E-state index contributed by atoms with van der Waals surface area (Å²) in [5.74, 6) is 0.0751. The summed E-state index contributed by atoms with van der Waals surface area (Å²) in [5, 5.41) is 26.6. The summed E-state index contributed by atoms with van der Waals surface area (Å²) < 4.78 is 0. The molecule has 0 saturated heterocycles. The van der Waals surface area contributed by atoms with E-state index < -0.39 is 22.5 Å². The number of nitrogens with one attached hydrogen (secondary N) is 2. The van der Waals surface area contributed by atoms with Gasteiger partial charge in [-0.2, -0.15) is 0 Å². The maximum atomic E-state index is 12.2. The van der Waals surface area contributed by atoms with Gasteiger partial charge in [0.15, 0.2) is 0 Å². The molecular formula is C17H27N3O4. The van der Waals surface area contributed by atoms with Crippen molar-refractivity contribution in [3.63, 3.8) is 0 Å². The lowest BCUT2D eigenvalue weighted by Crippen LogP contribution is -2.44. The number of aryl methyl sites for hydroxylation is 1. The van der Waals surface area contributed by atoms with E-state index in [0.717, 1.165) is 5.56 Å². The van der Waals surface area contributed by atoms with Crippen LogP contribution in [0.3, 0.4) is 0 Å². The molecule has 1 unspecified atom stereocenters. The van der Waals surface area contributed by atoms with Crippen molar-refractivity contribution in [1.29, 1.82) is 0 Å². The van der Waals surface area contributed by atoms with Crippen LogP contribution in [0.15, 0.2) is 12.1 Å². The van der Waals surface area contributed by atoms with Gasteiger partial charge in [-0.05, 0) is 25.3 Å². The minimum atomic E-state index is -0.556. The molecule has 1 atom stereocenters. The highest BCUT2D eigenvalue weighted by atomic mass is 16.6. The number of hydrogen-bond acceptors (Lipinski definition) is 4. The second-order valence-corrected chi connectivity index (χ2v) is 7.14. The fourth-order valence-electron chi connectivity index (χ4n) is 2.70. The normalized spacial score (nSPS) is 12.8. The number of carbonyl (C=O) groups is 1. The van der Waals surface area contributed by atoms with Gasteiger partial charge in [-0.25, -0.2) is 4.79 Å². The second kappa shape index (κ2) is 7.61. The van der Waals surface area contributed by atoms with Crippen molar-refractivity contribution in [2.24, 2.45) is 11.3 Å². The molecule has 0 aliphatic rings. The van der Waals surface area contributed by atoms with Crippen molar-refractivity contribution < 1.29 is 14.8 Å². The number of benzene rings is 1. The number of amides is 2. The van der Waals surface area contributed by atoms with E-state index in [2.05, 4.69) is 10.6 Å². The van der Waals surface area contributed by atoms with Crippen LogP contribution in [0, 0.1) is 35.3 Å². The lowest BCUT2D eigenvalue weighted by atomic mass is 9.81. The van der Waals surface area contributed by atoms with Gasteiger partial charge in [0.05, 0.1) is 22.3 Å². The average molecular weight is 337 g/mol. The topological polar surface area (TPSA) is 105 Å². The summed E-state index contributed by atoms with van der Waals surface area (Å²) in [6.45, 7) is 11.3. The van der Waals surface area contributed by atoms with E-state index in [1.165, 1.54) is 6.07 Å². The maximum absolute atomic E-state index is 12.2. The number of aliphatic hydroxyl groups excluding tert-OH is 1. The molecule has 0 aliphatic carbocycles. The highest BCUT2D eigenvalue weighted by Gasteiger charge is 2.30. The molecule has 1 rings (SSSR count). The molecule has 0 saturated carbocycles. The number of hydrogen-bond donors (Lipinski definition) is 3. The second-order valence-electron chi connectivity index (χ2n) is 7.14. The SMILES string of the molecule is Cc1ccc([N+](=O)[O-])c(C)c1NC(=O)NCC(C)(C)C(O)C(C)C. The minimum absolute atomic E-state index is 0.0357. The Balaban J connectivity index is 2.83. The largest absolute Gasteiger partial charge is 0.392 e. The Hall–Kier alpha value is -2.15. The minimum Gasteiger partial charge on any atom is -0.392 e. The number of nitro benzene ring substituents is 1. The van der Waals surface area contributed by atoms with Crippen LogP contribution in [-0.4, -0.2) is 28.7 Å². The van der Waals surface area contributed by atoms with Crippen LogP contribution < -0.4 is 10.6 Å². The summed E-state index contributed by atoms with van der Waals surface area (Å²) >= 11 is 0. The Labute approximate surface area is 142 Å². The zero-order valence-corrected chi connectivity index (χ0v) is 15.1. The third kappa shape index (κ3) is 4.67. The zero-order chi connectivity index (χ0) is 18.7. The van der Waals surface area contributed by atoms with Crippen LogP contribution in [0.5, 0.6) is 0 Å².